The summed E-state index contributed by atoms with van der Waals surface area (Å²) in [5.41, 5.74) is 25.2. The van der Waals surface area contributed by atoms with Gasteiger partial charge in [0.25, 0.3) is 0 Å². The van der Waals surface area contributed by atoms with Crippen LogP contribution >= 0.6 is 11.3 Å². The van der Waals surface area contributed by atoms with Crippen LogP contribution in [0, 0.1) is 0 Å². The molecule has 0 aliphatic rings. The fourth-order valence-corrected chi connectivity index (χ4v) is 7.47. The Morgan fingerprint density at radius 2 is 0.875 bits per heavy atom. The minimum absolute atomic E-state index is 0.301. The van der Waals surface area contributed by atoms with Crippen LogP contribution in [0.15, 0.2) is 176 Å². The molecular formula is C45H34N2S. The average molecular weight is 635 g/mol. The fraction of sp³-hybridized carbons (Fsp3) is 0.0222. The molecule has 0 aliphatic heterocycles. The van der Waals surface area contributed by atoms with E-state index in [0.29, 0.717) is 5.70 Å². The molecule has 0 bridgehead atoms. The maximum Gasteiger partial charge on any atom is 0.0504 e. The van der Waals surface area contributed by atoms with E-state index in [9.17, 15) is 0 Å². The predicted molar refractivity (Wildman–Crippen MR) is 207 cm³/mol. The lowest BCUT2D eigenvalue weighted by atomic mass is 9.96. The quantitative estimate of drug-likeness (QED) is 0.183. The van der Waals surface area contributed by atoms with Crippen LogP contribution in [0.1, 0.15) is 17.2 Å². The average Bonchev–Trinajstić information content (AvgIpc) is 3.53. The normalized spacial score (nSPS) is 12.4. The first kappa shape index (κ1) is 29.6. The lowest BCUT2D eigenvalue weighted by molar-refractivity contribution is 0.911. The van der Waals surface area contributed by atoms with Crippen molar-refractivity contribution in [3.05, 3.63) is 187 Å². The highest BCUT2D eigenvalue weighted by atomic mass is 32.1. The molecule has 0 radical (unpaired) electrons. The van der Waals surface area contributed by atoms with E-state index in [2.05, 4.69) is 152 Å². The van der Waals surface area contributed by atoms with Crippen LogP contribution in [0.3, 0.4) is 0 Å². The summed E-state index contributed by atoms with van der Waals surface area (Å²) in [5.74, 6) is 0. The Morgan fingerprint density at radius 1 is 0.438 bits per heavy atom. The molecule has 4 N–H and O–H groups in total. The summed E-state index contributed by atoms with van der Waals surface area (Å²) in [5, 5.41) is 2.66. The molecule has 8 aromatic rings. The summed E-state index contributed by atoms with van der Waals surface area (Å²) in [6.45, 7) is 0. The van der Waals surface area contributed by atoms with E-state index in [1.807, 2.05) is 35.6 Å². The molecule has 1 unspecified atom stereocenters. The minimum Gasteiger partial charge on any atom is -0.398 e. The third-order valence-electron chi connectivity index (χ3n) is 9.13. The predicted octanol–water partition coefficient (Wildman–Crippen LogP) is 11.7. The Balaban J connectivity index is 0.942. The SMILES string of the molecule is N/C(=C\C(N)c1ccc(-c2ccc(-c3ccc(-c4ccc5sc6ccccc6c5c4)cc3)cc2)cc1)c1ccc(-c2ccccc2)cc1. The molecule has 1 aromatic heterocycles. The van der Waals surface area contributed by atoms with Gasteiger partial charge in [-0.1, -0.05) is 152 Å². The topological polar surface area (TPSA) is 52.0 Å². The zero-order valence-electron chi connectivity index (χ0n) is 26.4. The molecule has 0 aliphatic carbocycles. The molecule has 0 spiro atoms. The maximum atomic E-state index is 6.56. The molecule has 0 saturated heterocycles. The van der Waals surface area contributed by atoms with E-state index in [1.54, 1.807) is 0 Å². The largest absolute Gasteiger partial charge is 0.398 e. The van der Waals surface area contributed by atoms with Crippen molar-refractivity contribution in [2.24, 2.45) is 11.5 Å². The number of thiophene rings is 1. The molecule has 1 heterocycles. The Hall–Kier alpha value is -5.74. The van der Waals surface area contributed by atoms with Crippen molar-refractivity contribution in [2.75, 3.05) is 0 Å². The van der Waals surface area contributed by atoms with Crippen LogP contribution in [0.5, 0.6) is 0 Å². The number of fused-ring (bicyclic) bond motifs is 3. The summed E-state index contributed by atoms with van der Waals surface area (Å²) in [6, 6.07) is 59.9. The van der Waals surface area contributed by atoms with Gasteiger partial charge in [-0.05, 0) is 79.9 Å². The summed E-state index contributed by atoms with van der Waals surface area (Å²) in [7, 11) is 0. The van der Waals surface area contributed by atoms with E-state index in [-0.39, 0.29) is 6.04 Å². The zero-order chi connectivity index (χ0) is 32.5. The van der Waals surface area contributed by atoms with Crippen LogP contribution in [0.25, 0.3) is 70.4 Å². The number of rotatable bonds is 7. The lowest BCUT2D eigenvalue weighted by Gasteiger charge is -2.12. The van der Waals surface area contributed by atoms with Gasteiger partial charge in [-0.15, -0.1) is 11.3 Å². The van der Waals surface area contributed by atoms with Gasteiger partial charge in [-0.3, -0.25) is 0 Å². The van der Waals surface area contributed by atoms with Gasteiger partial charge in [-0.2, -0.15) is 0 Å². The number of hydrogen-bond acceptors (Lipinski definition) is 3. The van der Waals surface area contributed by atoms with E-state index in [4.69, 9.17) is 11.5 Å². The lowest BCUT2D eigenvalue weighted by Crippen LogP contribution is -2.10. The highest BCUT2D eigenvalue weighted by Gasteiger charge is 2.09. The van der Waals surface area contributed by atoms with Crippen LogP contribution in [-0.2, 0) is 0 Å². The molecule has 2 nitrogen and oxygen atoms in total. The van der Waals surface area contributed by atoms with Crippen LogP contribution < -0.4 is 11.5 Å². The highest BCUT2D eigenvalue weighted by molar-refractivity contribution is 7.25. The molecule has 3 heteroatoms. The van der Waals surface area contributed by atoms with E-state index in [0.717, 1.165) is 22.3 Å². The smallest absolute Gasteiger partial charge is 0.0504 e. The van der Waals surface area contributed by atoms with Crippen molar-refractivity contribution in [3.63, 3.8) is 0 Å². The summed E-state index contributed by atoms with van der Waals surface area (Å²) in [6.07, 6.45) is 1.93. The van der Waals surface area contributed by atoms with Crippen molar-refractivity contribution in [3.8, 4) is 44.5 Å². The van der Waals surface area contributed by atoms with Gasteiger partial charge >= 0.3 is 0 Å². The fourth-order valence-electron chi connectivity index (χ4n) is 6.39. The van der Waals surface area contributed by atoms with Crippen molar-refractivity contribution < 1.29 is 0 Å². The van der Waals surface area contributed by atoms with Crippen LogP contribution in [0.4, 0.5) is 0 Å². The third kappa shape index (κ3) is 5.93. The third-order valence-corrected chi connectivity index (χ3v) is 10.3. The first-order valence-electron chi connectivity index (χ1n) is 16.2. The minimum atomic E-state index is -0.301. The second-order valence-electron chi connectivity index (χ2n) is 12.2. The van der Waals surface area contributed by atoms with Gasteiger partial charge in [0.1, 0.15) is 0 Å². The van der Waals surface area contributed by atoms with Gasteiger partial charge in [0, 0.05) is 25.9 Å². The number of nitrogens with two attached hydrogens (primary N) is 2. The van der Waals surface area contributed by atoms with Crippen molar-refractivity contribution in [2.45, 2.75) is 6.04 Å². The molecule has 230 valence electrons. The van der Waals surface area contributed by atoms with Crippen molar-refractivity contribution in [1.29, 1.82) is 0 Å². The van der Waals surface area contributed by atoms with Gasteiger partial charge in [0.15, 0.2) is 0 Å². The monoisotopic (exact) mass is 634 g/mol. The van der Waals surface area contributed by atoms with E-state index < -0.39 is 0 Å². The zero-order valence-corrected chi connectivity index (χ0v) is 27.2. The Labute approximate surface area is 285 Å². The van der Waals surface area contributed by atoms with Crippen molar-refractivity contribution in [1.82, 2.24) is 0 Å². The van der Waals surface area contributed by atoms with Gasteiger partial charge in [0.05, 0.1) is 6.04 Å². The molecule has 7 aromatic carbocycles. The molecule has 48 heavy (non-hydrogen) atoms. The summed E-state index contributed by atoms with van der Waals surface area (Å²) < 4.78 is 2.67. The molecule has 1 atom stereocenters. The van der Waals surface area contributed by atoms with Crippen LogP contribution in [0.2, 0.25) is 0 Å². The standard InChI is InChI=1S/C45H34N2S/c46-42(37-22-18-31(19-23-37)30-6-2-1-3-7-30)29-43(47)38-24-20-35(21-25-38)33-12-10-32(11-13-33)34-14-16-36(17-15-34)39-26-27-45-41(28-39)40-8-4-5-9-44(40)48-45/h1-29,43H,46-47H2/b42-29-. The molecule has 0 fully saturated rings. The molecule has 8 rings (SSSR count). The van der Waals surface area contributed by atoms with Gasteiger partial charge in [-0.25, -0.2) is 0 Å². The molecule has 0 amide bonds. The Bertz CT molecular complexity index is 2370. The molecule has 0 saturated carbocycles. The number of benzene rings is 7. The second kappa shape index (κ2) is 12.8. The number of hydrogen-bond donors (Lipinski definition) is 2. The Morgan fingerprint density at radius 3 is 1.48 bits per heavy atom. The van der Waals surface area contributed by atoms with E-state index in [1.165, 1.54) is 53.6 Å². The highest BCUT2D eigenvalue weighted by Crippen LogP contribution is 2.37. The van der Waals surface area contributed by atoms with Gasteiger partial charge < -0.3 is 11.5 Å². The summed E-state index contributed by atoms with van der Waals surface area (Å²) >= 11 is 1.85. The Kier molecular flexibility index (Phi) is 7.91. The molecular weight excluding hydrogens is 601 g/mol. The van der Waals surface area contributed by atoms with Gasteiger partial charge in [0.2, 0.25) is 0 Å². The van der Waals surface area contributed by atoms with Crippen LogP contribution in [-0.4, -0.2) is 0 Å². The maximum absolute atomic E-state index is 6.56. The van der Waals surface area contributed by atoms with Crippen molar-refractivity contribution >= 4 is 37.2 Å². The first-order chi connectivity index (χ1) is 23.6. The first-order valence-corrected chi connectivity index (χ1v) is 17.0. The summed E-state index contributed by atoms with van der Waals surface area (Å²) in [4.78, 5) is 0. The van der Waals surface area contributed by atoms with E-state index >= 15 is 0 Å². The second-order valence-corrected chi connectivity index (χ2v) is 13.3.